The third kappa shape index (κ3) is 5.97. The number of carbonyl (C=O) groups is 1. The fraction of sp³-hybridized carbons (Fsp3) is 0.409. The summed E-state index contributed by atoms with van der Waals surface area (Å²) in [5.41, 5.74) is 3.54. The van der Waals surface area contributed by atoms with Crippen LogP contribution in [0.2, 0.25) is 0 Å². The fourth-order valence-corrected chi connectivity index (χ4v) is 4.30. The number of nitrogens with zero attached hydrogens (tertiary/aromatic N) is 1. The van der Waals surface area contributed by atoms with Crippen molar-refractivity contribution in [3.05, 3.63) is 59.2 Å². The van der Waals surface area contributed by atoms with Gasteiger partial charge in [0, 0.05) is 0 Å². The van der Waals surface area contributed by atoms with Crippen LogP contribution in [0.3, 0.4) is 0 Å². The van der Waals surface area contributed by atoms with Crippen molar-refractivity contribution < 1.29 is 17.9 Å². The van der Waals surface area contributed by atoms with Gasteiger partial charge in [0.1, 0.15) is 18.4 Å². The molecule has 2 aromatic rings. The van der Waals surface area contributed by atoms with Crippen molar-refractivity contribution in [3.8, 4) is 5.75 Å². The van der Waals surface area contributed by atoms with Gasteiger partial charge in [0.2, 0.25) is 15.9 Å². The molecule has 0 radical (unpaired) electrons. The van der Waals surface area contributed by atoms with Crippen LogP contribution < -0.4 is 14.4 Å². The molecule has 158 valence electrons. The molecule has 0 unspecified atom stereocenters. The van der Waals surface area contributed by atoms with Gasteiger partial charge < -0.3 is 10.1 Å². The Balaban J connectivity index is 2.10. The van der Waals surface area contributed by atoms with E-state index in [-0.39, 0.29) is 12.5 Å². The Morgan fingerprint density at radius 2 is 1.76 bits per heavy atom. The summed E-state index contributed by atoms with van der Waals surface area (Å²) in [7, 11) is -3.64. The number of nitrogens with one attached hydrogen (secondary N) is 1. The molecule has 1 amide bonds. The molecular weight excluding hydrogens is 388 g/mol. The quantitative estimate of drug-likeness (QED) is 0.634. The van der Waals surface area contributed by atoms with Gasteiger partial charge in [0.05, 0.1) is 18.5 Å². The minimum absolute atomic E-state index is 0.286. The number of hydrogen-bond donors (Lipinski definition) is 1. The molecule has 0 saturated heterocycles. The molecule has 0 fully saturated rings. The van der Waals surface area contributed by atoms with Crippen LogP contribution in [-0.4, -0.2) is 39.8 Å². The maximum Gasteiger partial charge on any atom is 0.244 e. The molecule has 2 rings (SSSR count). The summed E-state index contributed by atoms with van der Waals surface area (Å²) in [6.45, 7) is 8.22. The summed E-state index contributed by atoms with van der Waals surface area (Å²) in [6, 6.07) is 12.2. The van der Waals surface area contributed by atoms with Crippen molar-refractivity contribution in [2.24, 2.45) is 0 Å². The van der Waals surface area contributed by atoms with E-state index in [1.54, 1.807) is 19.1 Å². The highest BCUT2D eigenvalue weighted by Gasteiger charge is 2.31. The third-order valence-electron chi connectivity index (χ3n) is 4.83. The topological polar surface area (TPSA) is 75.7 Å². The molecular formula is C22H30N2O4S. The maximum atomic E-state index is 12.8. The Bertz CT molecular complexity index is 957. The highest BCUT2D eigenvalue weighted by Crippen LogP contribution is 2.25. The van der Waals surface area contributed by atoms with E-state index in [1.807, 2.05) is 51.1 Å². The second kappa shape index (κ2) is 9.78. The molecule has 0 bridgehead atoms. The molecule has 0 aliphatic heterocycles. The van der Waals surface area contributed by atoms with Gasteiger partial charge in [-0.25, -0.2) is 8.42 Å². The fourth-order valence-electron chi connectivity index (χ4n) is 3.09. The van der Waals surface area contributed by atoms with E-state index in [9.17, 15) is 13.2 Å². The Morgan fingerprint density at radius 1 is 1.07 bits per heavy atom. The van der Waals surface area contributed by atoms with Crippen molar-refractivity contribution >= 4 is 21.6 Å². The Morgan fingerprint density at radius 3 is 2.34 bits per heavy atom. The van der Waals surface area contributed by atoms with Crippen molar-refractivity contribution in [1.29, 1.82) is 0 Å². The van der Waals surface area contributed by atoms with Crippen molar-refractivity contribution in [2.45, 2.75) is 40.2 Å². The van der Waals surface area contributed by atoms with Crippen molar-refractivity contribution in [3.63, 3.8) is 0 Å². The molecule has 2 aromatic carbocycles. The van der Waals surface area contributed by atoms with E-state index in [2.05, 4.69) is 5.32 Å². The van der Waals surface area contributed by atoms with Gasteiger partial charge >= 0.3 is 0 Å². The van der Waals surface area contributed by atoms with Gasteiger partial charge in [-0.2, -0.15) is 0 Å². The molecule has 7 heteroatoms. The lowest BCUT2D eigenvalue weighted by molar-refractivity contribution is -0.122. The predicted octanol–water partition coefficient (Wildman–Crippen LogP) is 3.35. The molecule has 0 aliphatic carbocycles. The van der Waals surface area contributed by atoms with E-state index in [1.165, 1.54) is 4.31 Å². The Kier molecular flexibility index (Phi) is 7.67. The first kappa shape index (κ1) is 22.7. The molecule has 0 aromatic heterocycles. The van der Waals surface area contributed by atoms with E-state index < -0.39 is 16.1 Å². The van der Waals surface area contributed by atoms with Crippen LogP contribution in [-0.2, 0) is 14.8 Å². The number of rotatable bonds is 9. The number of para-hydroxylation sites is 1. The first-order chi connectivity index (χ1) is 13.6. The largest absolute Gasteiger partial charge is 0.491 e. The number of amides is 1. The van der Waals surface area contributed by atoms with E-state index in [0.717, 1.165) is 28.7 Å². The summed E-state index contributed by atoms with van der Waals surface area (Å²) in [5.74, 6) is 0.422. The number of sulfonamides is 1. The summed E-state index contributed by atoms with van der Waals surface area (Å²) in [5, 5.41) is 2.80. The molecule has 0 heterocycles. The molecule has 1 N–H and O–H groups in total. The van der Waals surface area contributed by atoms with E-state index in [0.29, 0.717) is 18.7 Å². The predicted molar refractivity (Wildman–Crippen MR) is 117 cm³/mol. The zero-order valence-electron chi connectivity index (χ0n) is 17.7. The van der Waals surface area contributed by atoms with Gasteiger partial charge in [-0.05, 0) is 62.1 Å². The molecule has 1 atom stereocenters. The lowest BCUT2D eigenvalue weighted by Crippen LogP contribution is -2.50. The molecule has 29 heavy (non-hydrogen) atoms. The van der Waals surface area contributed by atoms with Crippen LogP contribution in [0.15, 0.2) is 42.5 Å². The molecule has 6 nitrogen and oxygen atoms in total. The SMILES string of the molecule is CC[C@H](C(=O)NCCOc1ccccc1C)N(c1ccc(C)c(C)c1)S(C)(=O)=O. The van der Waals surface area contributed by atoms with Crippen LogP contribution in [0, 0.1) is 20.8 Å². The highest BCUT2D eigenvalue weighted by molar-refractivity contribution is 7.92. The van der Waals surface area contributed by atoms with Gasteiger partial charge in [0.15, 0.2) is 0 Å². The van der Waals surface area contributed by atoms with Crippen LogP contribution in [0.4, 0.5) is 5.69 Å². The minimum atomic E-state index is -3.64. The number of benzene rings is 2. The monoisotopic (exact) mass is 418 g/mol. The highest BCUT2D eigenvalue weighted by atomic mass is 32.2. The van der Waals surface area contributed by atoms with Crippen LogP contribution >= 0.6 is 0 Å². The molecule has 0 aliphatic rings. The van der Waals surface area contributed by atoms with E-state index in [4.69, 9.17) is 4.74 Å². The number of ether oxygens (including phenoxy) is 1. The lowest BCUT2D eigenvalue weighted by Gasteiger charge is -2.30. The van der Waals surface area contributed by atoms with Crippen LogP contribution in [0.5, 0.6) is 5.75 Å². The van der Waals surface area contributed by atoms with Crippen molar-refractivity contribution in [1.82, 2.24) is 5.32 Å². The van der Waals surface area contributed by atoms with Gasteiger partial charge in [0.25, 0.3) is 0 Å². The summed E-state index contributed by atoms with van der Waals surface area (Å²) in [6.07, 6.45) is 1.48. The maximum absolute atomic E-state index is 12.8. The van der Waals surface area contributed by atoms with Gasteiger partial charge in [-0.3, -0.25) is 9.10 Å². The normalized spacial score (nSPS) is 12.3. The second-order valence-corrected chi connectivity index (χ2v) is 9.02. The Hall–Kier alpha value is -2.54. The van der Waals surface area contributed by atoms with Crippen molar-refractivity contribution in [2.75, 3.05) is 23.7 Å². The van der Waals surface area contributed by atoms with E-state index >= 15 is 0 Å². The Labute approximate surface area is 173 Å². The number of carbonyl (C=O) groups excluding carboxylic acids is 1. The first-order valence-electron chi connectivity index (χ1n) is 9.68. The number of anilines is 1. The van der Waals surface area contributed by atoms with Gasteiger partial charge in [-0.15, -0.1) is 0 Å². The standard InChI is InChI=1S/C22H30N2O4S/c1-6-20(22(25)23-13-14-28-21-10-8-7-9-17(21)3)24(29(5,26)27)19-12-11-16(2)18(4)15-19/h7-12,15,20H,6,13-14H2,1-5H3,(H,23,25)/t20-/m1/s1. The zero-order valence-corrected chi connectivity index (χ0v) is 18.5. The van der Waals surface area contributed by atoms with Crippen LogP contribution in [0.25, 0.3) is 0 Å². The van der Waals surface area contributed by atoms with Crippen LogP contribution in [0.1, 0.15) is 30.0 Å². The number of aryl methyl sites for hydroxylation is 3. The third-order valence-corrected chi connectivity index (χ3v) is 6.01. The summed E-state index contributed by atoms with van der Waals surface area (Å²) in [4.78, 5) is 12.8. The second-order valence-electron chi connectivity index (χ2n) is 7.16. The van der Waals surface area contributed by atoms with Gasteiger partial charge in [-0.1, -0.05) is 31.2 Å². The number of hydrogen-bond acceptors (Lipinski definition) is 4. The lowest BCUT2D eigenvalue weighted by atomic mass is 10.1. The molecule has 0 saturated carbocycles. The summed E-state index contributed by atoms with van der Waals surface area (Å²) >= 11 is 0. The average molecular weight is 419 g/mol. The smallest absolute Gasteiger partial charge is 0.244 e. The first-order valence-corrected chi connectivity index (χ1v) is 11.5. The zero-order chi connectivity index (χ0) is 21.6. The minimum Gasteiger partial charge on any atom is -0.491 e. The average Bonchev–Trinajstić information content (AvgIpc) is 2.65. The summed E-state index contributed by atoms with van der Waals surface area (Å²) < 4.78 is 31.9. The molecule has 0 spiro atoms.